The van der Waals surface area contributed by atoms with Gasteiger partial charge in [0.15, 0.2) is 0 Å². The molecule has 0 unspecified atom stereocenters. The van der Waals surface area contributed by atoms with Crippen LogP contribution in [0.3, 0.4) is 0 Å². The van der Waals surface area contributed by atoms with E-state index in [2.05, 4.69) is 42.3 Å². The van der Waals surface area contributed by atoms with E-state index in [4.69, 9.17) is 4.74 Å². The molecule has 3 rings (SSSR count). The molecule has 3 heteroatoms. The largest absolute Gasteiger partial charge is 0.384 e. The second-order valence-electron chi connectivity index (χ2n) is 5.14. The van der Waals surface area contributed by atoms with E-state index >= 15 is 0 Å². The van der Waals surface area contributed by atoms with E-state index in [1.807, 2.05) is 0 Å². The average Bonchev–Trinajstić information content (AvgIpc) is 2.75. The molecule has 0 aromatic heterocycles. The lowest BCUT2D eigenvalue weighted by atomic mass is 10.1. The van der Waals surface area contributed by atoms with Gasteiger partial charge in [-0.15, -0.1) is 0 Å². The van der Waals surface area contributed by atoms with Crippen LogP contribution in [0.2, 0.25) is 0 Å². The van der Waals surface area contributed by atoms with Gasteiger partial charge in [0.1, 0.15) is 0 Å². The highest BCUT2D eigenvalue weighted by Crippen LogP contribution is 2.33. The van der Waals surface area contributed by atoms with E-state index in [0.717, 1.165) is 26.1 Å². The number of rotatable bonds is 1. The predicted molar refractivity (Wildman–Crippen MR) is 70.9 cm³/mol. The maximum atomic E-state index is 5.80. The van der Waals surface area contributed by atoms with Crippen LogP contribution in [0.15, 0.2) is 18.2 Å². The van der Waals surface area contributed by atoms with Crippen molar-refractivity contribution in [1.29, 1.82) is 0 Å². The Morgan fingerprint density at radius 3 is 2.76 bits per heavy atom. The van der Waals surface area contributed by atoms with Crippen LogP contribution in [0, 0.1) is 0 Å². The van der Waals surface area contributed by atoms with Crippen LogP contribution in [0.4, 0.5) is 11.4 Å². The quantitative estimate of drug-likeness (QED) is 0.804. The predicted octanol–water partition coefficient (Wildman–Crippen LogP) is 2.27. The third-order valence-electron chi connectivity index (χ3n) is 3.60. The summed E-state index contributed by atoms with van der Waals surface area (Å²) in [5.41, 5.74) is 4.19. The fourth-order valence-electron chi connectivity index (χ4n) is 3.00. The van der Waals surface area contributed by atoms with E-state index in [1.165, 1.54) is 16.9 Å². The van der Waals surface area contributed by atoms with Crippen LogP contribution >= 0.6 is 0 Å². The highest BCUT2D eigenvalue weighted by Gasteiger charge is 2.25. The molecule has 2 atom stereocenters. The summed E-state index contributed by atoms with van der Waals surface area (Å²) in [5.74, 6) is 0. The molecular weight excluding hydrogens is 212 g/mol. The summed E-state index contributed by atoms with van der Waals surface area (Å²) in [6.07, 6.45) is 1.79. The Kier molecular flexibility index (Phi) is 2.71. The van der Waals surface area contributed by atoms with Crippen molar-refractivity contribution in [2.24, 2.45) is 0 Å². The molecule has 2 aliphatic heterocycles. The summed E-state index contributed by atoms with van der Waals surface area (Å²) in [5, 5.41) is 3.44. The number of nitrogens with zero attached hydrogens (tertiary/aromatic N) is 1. The van der Waals surface area contributed by atoms with Gasteiger partial charge in [0, 0.05) is 36.6 Å². The number of hydrogen-bond acceptors (Lipinski definition) is 3. The standard InChI is InChI=1S/C14H20N2O/c1-10-8-16(9-11(2)17-10)14-5-3-4-13-12(14)6-7-15-13/h3-5,10-11,15H,6-9H2,1-2H3/t10-,11+. The zero-order valence-corrected chi connectivity index (χ0v) is 10.6. The zero-order valence-electron chi connectivity index (χ0n) is 10.6. The summed E-state index contributed by atoms with van der Waals surface area (Å²) in [6, 6.07) is 6.58. The first-order valence-corrected chi connectivity index (χ1v) is 6.50. The van der Waals surface area contributed by atoms with Crippen molar-refractivity contribution in [2.45, 2.75) is 32.5 Å². The maximum Gasteiger partial charge on any atom is 0.0726 e. The third kappa shape index (κ3) is 2.00. The molecule has 92 valence electrons. The number of anilines is 2. The molecule has 17 heavy (non-hydrogen) atoms. The second-order valence-corrected chi connectivity index (χ2v) is 5.14. The number of fused-ring (bicyclic) bond motifs is 1. The molecule has 1 N–H and O–H groups in total. The zero-order chi connectivity index (χ0) is 11.8. The van der Waals surface area contributed by atoms with E-state index in [-0.39, 0.29) is 0 Å². The second kappa shape index (κ2) is 4.22. The van der Waals surface area contributed by atoms with Gasteiger partial charge in [-0.1, -0.05) is 6.07 Å². The fourth-order valence-corrected chi connectivity index (χ4v) is 3.00. The summed E-state index contributed by atoms with van der Waals surface area (Å²) in [6.45, 7) is 7.39. The molecule has 3 nitrogen and oxygen atoms in total. The molecule has 0 amide bonds. The molecule has 2 aliphatic rings. The summed E-state index contributed by atoms with van der Waals surface area (Å²) < 4.78 is 5.80. The van der Waals surface area contributed by atoms with E-state index in [9.17, 15) is 0 Å². The highest BCUT2D eigenvalue weighted by molar-refractivity contribution is 5.69. The number of morpholine rings is 1. The maximum absolute atomic E-state index is 5.80. The molecule has 0 saturated carbocycles. The highest BCUT2D eigenvalue weighted by atomic mass is 16.5. The van der Waals surface area contributed by atoms with E-state index < -0.39 is 0 Å². The van der Waals surface area contributed by atoms with Crippen LogP contribution in [0.5, 0.6) is 0 Å². The van der Waals surface area contributed by atoms with Crippen molar-refractivity contribution in [3.63, 3.8) is 0 Å². The Hall–Kier alpha value is -1.22. The van der Waals surface area contributed by atoms with Crippen molar-refractivity contribution >= 4 is 11.4 Å². The molecule has 0 spiro atoms. The van der Waals surface area contributed by atoms with Crippen molar-refractivity contribution in [3.8, 4) is 0 Å². The minimum atomic E-state index is 0.323. The van der Waals surface area contributed by atoms with Gasteiger partial charge in [-0.2, -0.15) is 0 Å². The number of hydrogen-bond donors (Lipinski definition) is 1. The Bertz CT molecular complexity index is 409. The molecular formula is C14H20N2O. The van der Waals surface area contributed by atoms with Crippen molar-refractivity contribution < 1.29 is 4.74 Å². The molecule has 0 radical (unpaired) electrons. The van der Waals surface area contributed by atoms with Crippen LogP contribution in [-0.2, 0) is 11.2 Å². The molecule has 1 saturated heterocycles. The lowest BCUT2D eigenvalue weighted by Crippen LogP contribution is -2.45. The first-order chi connectivity index (χ1) is 8.24. The van der Waals surface area contributed by atoms with Gasteiger partial charge in [0.25, 0.3) is 0 Å². The van der Waals surface area contributed by atoms with Crippen molar-refractivity contribution in [3.05, 3.63) is 23.8 Å². The van der Waals surface area contributed by atoms with Crippen molar-refractivity contribution in [2.75, 3.05) is 29.9 Å². The van der Waals surface area contributed by atoms with Crippen LogP contribution in [-0.4, -0.2) is 31.8 Å². The third-order valence-corrected chi connectivity index (χ3v) is 3.60. The van der Waals surface area contributed by atoms with Gasteiger partial charge in [-0.25, -0.2) is 0 Å². The molecule has 0 bridgehead atoms. The van der Waals surface area contributed by atoms with Gasteiger partial charge in [-0.05, 0) is 32.4 Å². The summed E-state index contributed by atoms with van der Waals surface area (Å²) in [7, 11) is 0. The minimum absolute atomic E-state index is 0.323. The first kappa shape index (κ1) is 10.9. The lowest BCUT2D eigenvalue weighted by molar-refractivity contribution is -0.00525. The number of benzene rings is 1. The number of nitrogens with one attached hydrogen (secondary N) is 1. The summed E-state index contributed by atoms with van der Waals surface area (Å²) in [4.78, 5) is 2.48. The smallest absolute Gasteiger partial charge is 0.0726 e. The minimum Gasteiger partial charge on any atom is -0.384 e. The molecule has 1 fully saturated rings. The first-order valence-electron chi connectivity index (χ1n) is 6.50. The Morgan fingerprint density at radius 2 is 2.00 bits per heavy atom. The van der Waals surface area contributed by atoms with Crippen LogP contribution in [0.25, 0.3) is 0 Å². The van der Waals surface area contributed by atoms with Crippen LogP contribution in [0.1, 0.15) is 19.4 Å². The van der Waals surface area contributed by atoms with E-state index in [0.29, 0.717) is 12.2 Å². The van der Waals surface area contributed by atoms with Gasteiger partial charge < -0.3 is 15.0 Å². The SMILES string of the molecule is C[C@@H]1CN(c2cccc3c2CCN3)C[C@H](C)O1. The van der Waals surface area contributed by atoms with Gasteiger partial charge in [0.2, 0.25) is 0 Å². The van der Waals surface area contributed by atoms with Gasteiger partial charge in [-0.3, -0.25) is 0 Å². The van der Waals surface area contributed by atoms with Gasteiger partial charge >= 0.3 is 0 Å². The topological polar surface area (TPSA) is 24.5 Å². The Balaban J connectivity index is 1.91. The molecule has 1 aromatic carbocycles. The average molecular weight is 232 g/mol. The normalized spacial score (nSPS) is 27.8. The molecule has 2 heterocycles. The summed E-state index contributed by atoms with van der Waals surface area (Å²) >= 11 is 0. The number of ether oxygens (including phenoxy) is 1. The molecule has 0 aliphatic carbocycles. The van der Waals surface area contributed by atoms with Crippen molar-refractivity contribution in [1.82, 2.24) is 0 Å². The molecule has 1 aromatic rings. The van der Waals surface area contributed by atoms with Crippen LogP contribution < -0.4 is 10.2 Å². The monoisotopic (exact) mass is 232 g/mol. The lowest BCUT2D eigenvalue weighted by Gasteiger charge is -2.37. The Labute approximate surface area is 103 Å². The van der Waals surface area contributed by atoms with Gasteiger partial charge in [0.05, 0.1) is 12.2 Å². The Morgan fingerprint density at radius 1 is 1.24 bits per heavy atom. The fraction of sp³-hybridized carbons (Fsp3) is 0.571. The van der Waals surface area contributed by atoms with E-state index in [1.54, 1.807) is 0 Å².